The topological polar surface area (TPSA) is 21.3 Å². The maximum atomic E-state index is 12.1. The lowest BCUT2D eigenvalue weighted by atomic mass is 10.1. The van der Waals surface area contributed by atoms with Crippen molar-refractivity contribution in [1.29, 1.82) is 0 Å². The molecule has 1 unspecified atom stereocenters. The number of hydrogen-bond donors (Lipinski definition) is 1. The molecule has 1 aromatic carbocycles. The zero-order chi connectivity index (χ0) is 14.5. The fourth-order valence-electron chi connectivity index (χ4n) is 1.58. The van der Waals surface area contributed by atoms with Crippen molar-refractivity contribution < 1.29 is 17.9 Å². The van der Waals surface area contributed by atoms with E-state index in [0.29, 0.717) is 6.54 Å². The Hall–Kier alpha value is -0.110. The van der Waals surface area contributed by atoms with Gasteiger partial charge < -0.3 is 10.1 Å². The molecule has 0 saturated carbocycles. The highest BCUT2D eigenvalue weighted by atomic mass is 79.9. The molecular formula is C12H14Br2F3NO. The summed E-state index contributed by atoms with van der Waals surface area (Å²) in [6.45, 7) is 1.25. The van der Waals surface area contributed by atoms with Crippen molar-refractivity contribution in [2.24, 2.45) is 0 Å². The minimum atomic E-state index is -4.30. The van der Waals surface area contributed by atoms with Gasteiger partial charge in [-0.1, -0.05) is 38.8 Å². The van der Waals surface area contributed by atoms with Crippen LogP contribution >= 0.6 is 31.9 Å². The Morgan fingerprint density at radius 2 is 2.00 bits per heavy atom. The molecule has 0 amide bonds. The molecule has 0 bridgehead atoms. The fourth-order valence-corrected chi connectivity index (χ4v) is 2.48. The molecule has 1 aromatic rings. The quantitative estimate of drug-likeness (QED) is 0.756. The Morgan fingerprint density at radius 1 is 1.32 bits per heavy atom. The molecule has 0 spiro atoms. The largest absolute Gasteiger partial charge is 0.411 e. The lowest BCUT2D eigenvalue weighted by Crippen LogP contribution is -2.28. The van der Waals surface area contributed by atoms with E-state index < -0.39 is 12.8 Å². The number of alkyl halides is 3. The van der Waals surface area contributed by atoms with Gasteiger partial charge in [0.1, 0.15) is 6.61 Å². The number of halogens is 5. The van der Waals surface area contributed by atoms with Crippen LogP contribution in [0.5, 0.6) is 0 Å². The lowest BCUT2D eigenvalue weighted by Gasteiger charge is -2.20. The Kier molecular flexibility index (Phi) is 6.79. The Bertz CT molecular complexity index is 412. The van der Waals surface area contributed by atoms with Crippen LogP contribution in [0.1, 0.15) is 18.5 Å². The SMILES string of the molecule is CCNC(COCC(F)(F)F)c1cc(Br)ccc1Br. The summed E-state index contributed by atoms with van der Waals surface area (Å²) in [5.41, 5.74) is 0.860. The molecule has 2 nitrogen and oxygen atoms in total. The van der Waals surface area contributed by atoms with Gasteiger partial charge in [0.2, 0.25) is 0 Å². The fraction of sp³-hybridized carbons (Fsp3) is 0.500. The number of nitrogens with one attached hydrogen (secondary N) is 1. The van der Waals surface area contributed by atoms with Crippen LogP contribution in [0.2, 0.25) is 0 Å². The van der Waals surface area contributed by atoms with Crippen molar-refractivity contribution in [2.75, 3.05) is 19.8 Å². The molecule has 0 aromatic heterocycles. The summed E-state index contributed by atoms with van der Waals surface area (Å²) < 4.78 is 42.7. The summed E-state index contributed by atoms with van der Waals surface area (Å²) in [5.74, 6) is 0. The molecule has 0 fully saturated rings. The van der Waals surface area contributed by atoms with Gasteiger partial charge in [0, 0.05) is 8.95 Å². The third-order valence-corrected chi connectivity index (χ3v) is 3.55. The van der Waals surface area contributed by atoms with E-state index in [-0.39, 0.29) is 12.6 Å². The molecule has 0 heterocycles. The lowest BCUT2D eigenvalue weighted by molar-refractivity contribution is -0.175. The number of rotatable bonds is 6. The average Bonchev–Trinajstić information content (AvgIpc) is 2.30. The van der Waals surface area contributed by atoms with Gasteiger partial charge in [0.15, 0.2) is 0 Å². The maximum absolute atomic E-state index is 12.1. The van der Waals surface area contributed by atoms with E-state index in [1.165, 1.54) is 0 Å². The van der Waals surface area contributed by atoms with Gasteiger partial charge in [-0.25, -0.2) is 0 Å². The molecule has 0 aliphatic heterocycles. The smallest absolute Gasteiger partial charge is 0.370 e. The van der Waals surface area contributed by atoms with E-state index in [9.17, 15) is 13.2 Å². The van der Waals surface area contributed by atoms with Gasteiger partial charge in [-0.15, -0.1) is 0 Å². The average molecular weight is 405 g/mol. The van der Waals surface area contributed by atoms with E-state index in [1.807, 2.05) is 25.1 Å². The van der Waals surface area contributed by atoms with E-state index in [0.717, 1.165) is 14.5 Å². The molecule has 0 aliphatic rings. The third kappa shape index (κ3) is 6.25. The van der Waals surface area contributed by atoms with Crippen molar-refractivity contribution in [1.82, 2.24) is 5.32 Å². The molecule has 0 aliphatic carbocycles. The highest BCUT2D eigenvalue weighted by Crippen LogP contribution is 2.27. The van der Waals surface area contributed by atoms with Gasteiger partial charge in [-0.3, -0.25) is 0 Å². The van der Waals surface area contributed by atoms with Gasteiger partial charge in [0.25, 0.3) is 0 Å². The Balaban J connectivity index is 2.73. The van der Waals surface area contributed by atoms with Crippen molar-refractivity contribution in [3.8, 4) is 0 Å². The summed E-state index contributed by atoms with van der Waals surface area (Å²) in [6.07, 6.45) is -4.30. The highest BCUT2D eigenvalue weighted by molar-refractivity contribution is 9.11. The van der Waals surface area contributed by atoms with E-state index in [4.69, 9.17) is 4.74 Å². The zero-order valence-electron chi connectivity index (χ0n) is 10.2. The maximum Gasteiger partial charge on any atom is 0.411 e. The molecule has 1 rings (SSSR count). The monoisotopic (exact) mass is 403 g/mol. The number of likely N-dealkylation sites (N-methyl/N-ethyl adjacent to an activating group) is 1. The summed E-state index contributed by atoms with van der Waals surface area (Å²) in [4.78, 5) is 0. The summed E-state index contributed by atoms with van der Waals surface area (Å²) in [6, 6.07) is 5.26. The molecule has 0 radical (unpaired) electrons. The van der Waals surface area contributed by atoms with Crippen LogP contribution in [0, 0.1) is 0 Å². The van der Waals surface area contributed by atoms with Crippen molar-refractivity contribution in [3.63, 3.8) is 0 Å². The summed E-state index contributed by atoms with van der Waals surface area (Å²) in [5, 5.41) is 3.11. The van der Waals surface area contributed by atoms with Crippen LogP contribution in [0.3, 0.4) is 0 Å². The van der Waals surface area contributed by atoms with Gasteiger partial charge >= 0.3 is 6.18 Å². The van der Waals surface area contributed by atoms with E-state index >= 15 is 0 Å². The summed E-state index contributed by atoms with van der Waals surface area (Å²) >= 11 is 6.74. The number of ether oxygens (including phenoxy) is 1. The second kappa shape index (κ2) is 7.61. The minimum Gasteiger partial charge on any atom is -0.370 e. The standard InChI is InChI=1S/C12H14Br2F3NO/c1-2-18-11(6-19-7-12(15,16)17)9-5-8(13)3-4-10(9)14/h3-5,11,18H,2,6-7H2,1H3. The van der Waals surface area contributed by atoms with Gasteiger partial charge in [-0.2, -0.15) is 13.2 Å². The van der Waals surface area contributed by atoms with E-state index in [2.05, 4.69) is 37.2 Å². The van der Waals surface area contributed by atoms with Crippen LogP contribution in [-0.4, -0.2) is 25.9 Å². The first kappa shape index (κ1) is 16.9. The van der Waals surface area contributed by atoms with Crippen LogP contribution in [-0.2, 0) is 4.74 Å². The summed E-state index contributed by atoms with van der Waals surface area (Å²) in [7, 11) is 0. The number of benzene rings is 1. The molecule has 1 N–H and O–H groups in total. The van der Waals surface area contributed by atoms with Crippen molar-refractivity contribution in [3.05, 3.63) is 32.7 Å². The van der Waals surface area contributed by atoms with Crippen LogP contribution in [0.15, 0.2) is 27.1 Å². The normalized spacial score (nSPS) is 13.6. The second-order valence-electron chi connectivity index (χ2n) is 3.91. The minimum absolute atomic E-state index is 0.0393. The molecule has 108 valence electrons. The van der Waals surface area contributed by atoms with Crippen molar-refractivity contribution >= 4 is 31.9 Å². The molecule has 0 saturated heterocycles. The Labute approximate surface area is 127 Å². The first-order chi connectivity index (χ1) is 8.83. The first-order valence-corrected chi connectivity index (χ1v) is 7.25. The zero-order valence-corrected chi connectivity index (χ0v) is 13.4. The predicted molar refractivity (Wildman–Crippen MR) is 75.1 cm³/mol. The van der Waals surface area contributed by atoms with Crippen LogP contribution in [0.25, 0.3) is 0 Å². The second-order valence-corrected chi connectivity index (χ2v) is 5.68. The molecular weight excluding hydrogens is 391 g/mol. The Morgan fingerprint density at radius 3 is 2.58 bits per heavy atom. The first-order valence-electron chi connectivity index (χ1n) is 5.66. The van der Waals surface area contributed by atoms with Crippen molar-refractivity contribution in [2.45, 2.75) is 19.1 Å². The third-order valence-electron chi connectivity index (χ3n) is 2.33. The van der Waals surface area contributed by atoms with Gasteiger partial charge in [0.05, 0.1) is 12.6 Å². The van der Waals surface area contributed by atoms with Crippen LogP contribution in [0.4, 0.5) is 13.2 Å². The van der Waals surface area contributed by atoms with Gasteiger partial charge in [-0.05, 0) is 30.3 Å². The molecule has 1 atom stereocenters. The predicted octanol–water partition coefficient (Wildman–Crippen LogP) is 4.44. The highest BCUT2D eigenvalue weighted by Gasteiger charge is 2.28. The molecule has 19 heavy (non-hydrogen) atoms. The molecule has 7 heteroatoms. The van der Waals surface area contributed by atoms with E-state index in [1.54, 1.807) is 0 Å². The number of hydrogen-bond acceptors (Lipinski definition) is 2. The van der Waals surface area contributed by atoms with Crippen LogP contribution < -0.4 is 5.32 Å².